The third-order valence-electron chi connectivity index (χ3n) is 1.21. The quantitative estimate of drug-likeness (QED) is 0.674. The first-order valence-electron chi connectivity index (χ1n) is 2.70. The molecule has 2 aromatic heterocycles. The Hall–Kier alpha value is -0.480. The number of fused-ring (bicyclic) bond motifs is 1. The maximum atomic E-state index is 4.08. The van der Waals surface area contributed by atoms with Gasteiger partial charge in [0.25, 0.3) is 0 Å². The van der Waals surface area contributed by atoms with E-state index in [4.69, 9.17) is 0 Å². The first kappa shape index (κ1) is 6.24. The molecule has 0 aliphatic carbocycles. The van der Waals surface area contributed by atoms with Gasteiger partial charge >= 0.3 is 0 Å². The highest BCUT2D eigenvalue weighted by molar-refractivity contribution is 9.10. The molecule has 10 heavy (non-hydrogen) atoms. The average molecular weight is 215 g/mol. The van der Waals surface area contributed by atoms with Crippen molar-refractivity contribution in [2.24, 2.45) is 0 Å². The lowest BCUT2D eigenvalue weighted by atomic mass is 10.4. The number of hydrogen-bond donors (Lipinski definition) is 0. The predicted molar refractivity (Wildman–Crippen MR) is 45.1 cm³/mol. The molecule has 0 saturated heterocycles. The van der Waals surface area contributed by atoms with Crippen molar-refractivity contribution >= 4 is 37.5 Å². The molecule has 2 heterocycles. The zero-order chi connectivity index (χ0) is 6.97. The Morgan fingerprint density at radius 3 is 3.20 bits per heavy atom. The molecule has 0 aliphatic rings. The van der Waals surface area contributed by atoms with Crippen molar-refractivity contribution in [1.82, 2.24) is 9.97 Å². The highest BCUT2D eigenvalue weighted by Gasteiger charge is 1.99. The Balaban J connectivity index is 2.93. The van der Waals surface area contributed by atoms with E-state index in [2.05, 4.69) is 25.9 Å². The predicted octanol–water partition coefficient (Wildman–Crippen LogP) is 2.45. The molecule has 2 rings (SSSR count). The third kappa shape index (κ3) is 0.839. The summed E-state index contributed by atoms with van der Waals surface area (Å²) in [5, 5.41) is 3.10. The Kier molecular flexibility index (Phi) is 1.43. The average Bonchev–Trinajstić information content (AvgIpc) is 2.34. The van der Waals surface area contributed by atoms with E-state index < -0.39 is 0 Å². The first-order valence-corrected chi connectivity index (χ1v) is 4.38. The van der Waals surface area contributed by atoms with Gasteiger partial charge in [0.1, 0.15) is 11.2 Å². The molecule has 0 amide bonds. The fraction of sp³-hybridized carbons (Fsp3) is 0. The molecule has 0 saturated carbocycles. The molecule has 0 fully saturated rings. The van der Waals surface area contributed by atoms with Crippen molar-refractivity contribution in [2.45, 2.75) is 0 Å². The molecule has 0 aliphatic heterocycles. The van der Waals surface area contributed by atoms with Crippen LogP contribution in [0, 0.1) is 0 Å². The number of thiophene rings is 1. The second-order valence-corrected chi connectivity index (χ2v) is 3.54. The lowest BCUT2D eigenvalue weighted by Crippen LogP contribution is -1.73. The third-order valence-corrected chi connectivity index (χ3v) is 3.07. The Morgan fingerprint density at radius 2 is 2.40 bits per heavy atom. The number of aromatic nitrogens is 2. The van der Waals surface area contributed by atoms with Crippen LogP contribution < -0.4 is 0 Å². The van der Waals surface area contributed by atoms with Crippen LogP contribution in [0.3, 0.4) is 0 Å². The zero-order valence-corrected chi connectivity index (χ0v) is 7.32. The molecule has 0 N–H and O–H groups in total. The van der Waals surface area contributed by atoms with Gasteiger partial charge < -0.3 is 0 Å². The lowest BCUT2D eigenvalue weighted by Gasteiger charge is -1.84. The van der Waals surface area contributed by atoms with Crippen LogP contribution in [0.2, 0.25) is 0 Å². The maximum absolute atomic E-state index is 4.08. The summed E-state index contributed by atoms with van der Waals surface area (Å²) in [7, 11) is 0. The van der Waals surface area contributed by atoms with E-state index in [9.17, 15) is 0 Å². The molecule has 50 valence electrons. The first-order chi connectivity index (χ1) is 4.88. The summed E-state index contributed by atoms with van der Waals surface area (Å²) in [6.45, 7) is 0. The Morgan fingerprint density at radius 1 is 1.50 bits per heavy atom. The summed E-state index contributed by atoms with van der Waals surface area (Å²) < 4.78 is 1.08. The smallest absolute Gasteiger partial charge is 0.127 e. The minimum absolute atomic E-state index is 1.03. The molecule has 0 radical (unpaired) electrons. The topological polar surface area (TPSA) is 25.8 Å². The SMILES string of the molecule is Brc1csc2ncncc12. The fourth-order valence-electron chi connectivity index (χ4n) is 0.747. The molecule has 0 atom stereocenters. The van der Waals surface area contributed by atoms with Gasteiger partial charge in [0.15, 0.2) is 0 Å². The van der Waals surface area contributed by atoms with Crippen LogP contribution in [0.4, 0.5) is 0 Å². The van der Waals surface area contributed by atoms with Crippen LogP contribution in [0.5, 0.6) is 0 Å². The van der Waals surface area contributed by atoms with Gasteiger partial charge in [0.2, 0.25) is 0 Å². The number of nitrogens with zero attached hydrogens (tertiary/aromatic N) is 2. The van der Waals surface area contributed by atoms with Crippen molar-refractivity contribution in [3.05, 3.63) is 22.4 Å². The van der Waals surface area contributed by atoms with Crippen LogP contribution in [0.15, 0.2) is 22.4 Å². The van der Waals surface area contributed by atoms with Gasteiger partial charge in [-0.25, -0.2) is 9.97 Å². The highest BCUT2D eigenvalue weighted by Crippen LogP contribution is 2.26. The van der Waals surface area contributed by atoms with Crippen molar-refractivity contribution in [3.8, 4) is 0 Å². The van der Waals surface area contributed by atoms with Crippen LogP contribution >= 0.6 is 27.3 Å². The second kappa shape index (κ2) is 2.29. The molecule has 0 spiro atoms. The van der Waals surface area contributed by atoms with Crippen LogP contribution in [0.1, 0.15) is 0 Å². The number of rotatable bonds is 0. The highest BCUT2D eigenvalue weighted by atomic mass is 79.9. The monoisotopic (exact) mass is 214 g/mol. The van der Waals surface area contributed by atoms with Gasteiger partial charge in [0.05, 0.1) is 0 Å². The summed E-state index contributed by atoms with van der Waals surface area (Å²) in [6, 6.07) is 0. The zero-order valence-electron chi connectivity index (χ0n) is 4.91. The molecular formula is C6H3BrN2S. The molecule has 0 aromatic carbocycles. The van der Waals surface area contributed by atoms with Gasteiger partial charge in [-0.1, -0.05) is 0 Å². The second-order valence-electron chi connectivity index (χ2n) is 1.83. The van der Waals surface area contributed by atoms with E-state index >= 15 is 0 Å². The van der Waals surface area contributed by atoms with E-state index in [1.807, 2.05) is 11.6 Å². The van der Waals surface area contributed by atoms with Crippen molar-refractivity contribution in [1.29, 1.82) is 0 Å². The summed E-state index contributed by atoms with van der Waals surface area (Å²) in [5.74, 6) is 0. The van der Waals surface area contributed by atoms with Crippen molar-refractivity contribution in [3.63, 3.8) is 0 Å². The summed E-state index contributed by atoms with van der Waals surface area (Å²) in [4.78, 5) is 9.02. The van der Waals surface area contributed by atoms with Gasteiger partial charge in [0, 0.05) is 21.4 Å². The number of hydrogen-bond acceptors (Lipinski definition) is 3. The van der Waals surface area contributed by atoms with Gasteiger partial charge in [-0.3, -0.25) is 0 Å². The van der Waals surface area contributed by atoms with E-state index in [-0.39, 0.29) is 0 Å². The van der Waals surface area contributed by atoms with Gasteiger partial charge in [-0.15, -0.1) is 11.3 Å². The van der Waals surface area contributed by atoms with Gasteiger partial charge in [-0.2, -0.15) is 0 Å². The Bertz CT molecular complexity index is 357. The van der Waals surface area contributed by atoms with Crippen LogP contribution in [-0.4, -0.2) is 9.97 Å². The standard InChI is InChI=1S/C6H3BrN2S/c7-5-2-10-6-4(5)1-8-3-9-6/h1-3H. The van der Waals surface area contributed by atoms with Crippen LogP contribution in [-0.2, 0) is 0 Å². The summed E-state index contributed by atoms with van der Waals surface area (Å²) >= 11 is 5.01. The van der Waals surface area contributed by atoms with E-state index in [1.165, 1.54) is 0 Å². The minimum atomic E-state index is 1.03. The van der Waals surface area contributed by atoms with Crippen molar-refractivity contribution < 1.29 is 0 Å². The van der Waals surface area contributed by atoms with Crippen molar-refractivity contribution in [2.75, 3.05) is 0 Å². The maximum Gasteiger partial charge on any atom is 0.127 e. The fourth-order valence-corrected chi connectivity index (χ4v) is 2.19. The molecule has 0 unspecified atom stereocenters. The molecule has 4 heteroatoms. The van der Waals surface area contributed by atoms with Gasteiger partial charge in [-0.05, 0) is 15.9 Å². The normalized spacial score (nSPS) is 10.5. The largest absolute Gasteiger partial charge is 0.244 e. The summed E-state index contributed by atoms with van der Waals surface area (Å²) in [6.07, 6.45) is 3.37. The van der Waals surface area contributed by atoms with E-state index in [1.54, 1.807) is 17.7 Å². The molecular weight excluding hydrogens is 212 g/mol. The van der Waals surface area contributed by atoms with E-state index in [0.29, 0.717) is 0 Å². The lowest BCUT2D eigenvalue weighted by molar-refractivity contribution is 1.23. The molecule has 2 nitrogen and oxygen atoms in total. The minimum Gasteiger partial charge on any atom is -0.244 e. The molecule has 0 bridgehead atoms. The molecule has 2 aromatic rings. The van der Waals surface area contributed by atoms with Crippen LogP contribution in [0.25, 0.3) is 10.2 Å². The summed E-state index contributed by atoms with van der Waals surface area (Å²) in [5.41, 5.74) is 0. The Labute approximate surface area is 70.1 Å². The van der Waals surface area contributed by atoms with E-state index in [0.717, 1.165) is 14.7 Å². The number of halogens is 1.